The summed E-state index contributed by atoms with van der Waals surface area (Å²) >= 11 is 0. The predicted molar refractivity (Wildman–Crippen MR) is 92.9 cm³/mol. The van der Waals surface area contributed by atoms with Crippen LogP contribution in [0.3, 0.4) is 0 Å². The smallest absolute Gasteiger partial charge is 0.373 e. The summed E-state index contributed by atoms with van der Waals surface area (Å²) in [5, 5.41) is 3.69. The van der Waals surface area contributed by atoms with Gasteiger partial charge in [0.1, 0.15) is 5.82 Å². The average Bonchev–Trinajstić information content (AvgIpc) is 3.07. The van der Waals surface area contributed by atoms with E-state index in [-0.39, 0.29) is 5.69 Å². The monoisotopic (exact) mass is 363 g/mol. The summed E-state index contributed by atoms with van der Waals surface area (Å²) in [7, 11) is 1.74. The Kier molecular flexibility index (Phi) is 4.71. The van der Waals surface area contributed by atoms with Gasteiger partial charge in [0.25, 0.3) is 0 Å². The highest BCUT2D eigenvalue weighted by atomic mass is 19.4. The van der Waals surface area contributed by atoms with Gasteiger partial charge in [-0.1, -0.05) is 24.3 Å². The highest BCUT2D eigenvalue weighted by Crippen LogP contribution is 2.34. The molecule has 0 spiro atoms. The lowest BCUT2D eigenvalue weighted by Crippen LogP contribution is -2.17. The van der Waals surface area contributed by atoms with E-state index in [2.05, 4.69) is 5.10 Å². The number of para-hydroxylation sites is 1. The molecule has 0 fully saturated rings. The third-order valence-corrected chi connectivity index (χ3v) is 4.13. The summed E-state index contributed by atoms with van der Waals surface area (Å²) in [5.41, 5.74) is 0.327. The number of benzene rings is 2. The van der Waals surface area contributed by atoms with Crippen molar-refractivity contribution in [2.24, 2.45) is 0 Å². The highest BCUT2D eigenvalue weighted by molar-refractivity contribution is 5.66. The quantitative estimate of drug-likeness (QED) is 0.598. The fourth-order valence-electron chi connectivity index (χ4n) is 2.64. The molecule has 0 radical (unpaired) electrons. The van der Waals surface area contributed by atoms with Gasteiger partial charge < -0.3 is 4.90 Å². The molecule has 0 aliphatic carbocycles. The van der Waals surface area contributed by atoms with Crippen LogP contribution in [0, 0.1) is 5.82 Å². The van der Waals surface area contributed by atoms with Gasteiger partial charge in [-0.2, -0.15) is 18.3 Å². The standard InChI is InChI=1S/C19H17F4N3/c1-3-25(2)16-10-9-13(11-15(16)20)17-12-18(19(21,22)23)24-26(17)14-7-5-4-6-8-14/h4-12H,3H2,1-2H3. The van der Waals surface area contributed by atoms with Crippen LogP contribution in [0.5, 0.6) is 0 Å². The molecule has 3 rings (SSSR count). The molecule has 1 heterocycles. The van der Waals surface area contributed by atoms with Gasteiger partial charge in [0.15, 0.2) is 5.69 Å². The normalized spacial score (nSPS) is 11.6. The van der Waals surface area contributed by atoms with Crippen LogP contribution >= 0.6 is 0 Å². The van der Waals surface area contributed by atoms with Crippen LogP contribution in [0.4, 0.5) is 23.2 Å². The van der Waals surface area contributed by atoms with Crippen molar-refractivity contribution in [1.29, 1.82) is 0 Å². The van der Waals surface area contributed by atoms with E-state index in [0.29, 0.717) is 23.5 Å². The number of aromatic nitrogens is 2. The minimum atomic E-state index is -4.59. The Bertz CT molecular complexity index is 901. The first-order valence-electron chi connectivity index (χ1n) is 8.05. The number of alkyl halides is 3. The van der Waals surface area contributed by atoms with Crippen molar-refractivity contribution in [2.45, 2.75) is 13.1 Å². The maximum Gasteiger partial charge on any atom is 0.435 e. The first-order chi connectivity index (χ1) is 12.3. The average molecular weight is 363 g/mol. The molecule has 0 amide bonds. The summed E-state index contributed by atoms with van der Waals surface area (Å²) in [5.74, 6) is -0.499. The molecule has 0 bridgehead atoms. The maximum absolute atomic E-state index is 14.5. The summed E-state index contributed by atoms with van der Waals surface area (Å²) in [6, 6.07) is 13.8. The van der Waals surface area contributed by atoms with Crippen molar-refractivity contribution in [3.8, 4) is 16.9 Å². The third kappa shape index (κ3) is 3.42. The number of nitrogens with zero attached hydrogens (tertiary/aromatic N) is 3. The Labute approximate surface area is 148 Å². The van der Waals surface area contributed by atoms with Gasteiger partial charge >= 0.3 is 6.18 Å². The van der Waals surface area contributed by atoms with Crippen molar-refractivity contribution in [1.82, 2.24) is 9.78 Å². The van der Waals surface area contributed by atoms with Gasteiger partial charge in [0, 0.05) is 19.2 Å². The summed E-state index contributed by atoms with van der Waals surface area (Å²) in [4.78, 5) is 1.72. The maximum atomic E-state index is 14.5. The van der Waals surface area contributed by atoms with Crippen LogP contribution < -0.4 is 4.90 Å². The van der Waals surface area contributed by atoms with E-state index in [9.17, 15) is 17.6 Å². The van der Waals surface area contributed by atoms with E-state index in [1.54, 1.807) is 54.4 Å². The van der Waals surface area contributed by atoms with Gasteiger partial charge in [-0.25, -0.2) is 9.07 Å². The molecule has 0 aliphatic rings. The van der Waals surface area contributed by atoms with E-state index in [4.69, 9.17) is 0 Å². The molecule has 0 saturated heterocycles. The van der Waals surface area contributed by atoms with Crippen LogP contribution in [0.15, 0.2) is 54.6 Å². The van der Waals surface area contributed by atoms with E-state index in [1.807, 2.05) is 6.92 Å². The lowest BCUT2D eigenvalue weighted by Gasteiger charge is -2.18. The fraction of sp³-hybridized carbons (Fsp3) is 0.211. The van der Waals surface area contributed by atoms with Crippen molar-refractivity contribution in [3.05, 3.63) is 66.1 Å². The fourth-order valence-corrected chi connectivity index (χ4v) is 2.64. The molecule has 136 valence electrons. The number of halogens is 4. The first kappa shape index (κ1) is 18.0. The second kappa shape index (κ2) is 6.82. The summed E-state index contributed by atoms with van der Waals surface area (Å²) in [6.07, 6.45) is -4.59. The van der Waals surface area contributed by atoms with Crippen molar-refractivity contribution in [3.63, 3.8) is 0 Å². The van der Waals surface area contributed by atoms with Crippen LogP contribution in [-0.2, 0) is 6.18 Å². The van der Waals surface area contributed by atoms with Crippen LogP contribution in [-0.4, -0.2) is 23.4 Å². The molecule has 3 nitrogen and oxygen atoms in total. The number of anilines is 1. The lowest BCUT2D eigenvalue weighted by molar-refractivity contribution is -0.141. The zero-order valence-electron chi connectivity index (χ0n) is 14.3. The van der Waals surface area contributed by atoms with Crippen molar-refractivity contribution in [2.75, 3.05) is 18.5 Å². The molecule has 3 aromatic rings. The number of hydrogen-bond donors (Lipinski definition) is 0. The highest BCUT2D eigenvalue weighted by Gasteiger charge is 2.35. The van der Waals surface area contributed by atoms with E-state index in [1.165, 1.54) is 10.7 Å². The van der Waals surface area contributed by atoms with Crippen molar-refractivity contribution >= 4 is 5.69 Å². The molecule has 0 atom stereocenters. The third-order valence-electron chi connectivity index (χ3n) is 4.13. The molecule has 0 aliphatic heterocycles. The Morgan fingerprint density at radius 3 is 2.31 bits per heavy atom. The minimum absolute atomic E-state index is 0.174. The number of hydrogen-bond acceptors (Lipinski definition) is 2. The second-order valence-electron chi connectivity index (χ2n) is 5.84. The molecule has 2 aromatic carbocycles. The zero-order chi connectivity index (χ0) is 18.9. The number of rotatable bonds is 4. The summed E-state index contributed by atoms with van der Waals surface area (Å²) < 4.78 is 55.1. The Morgan fingerprint density at radius 1 is 1.04 bits per heavy atom. The molecular weight excluding hydrogens is 346 g/mol. The molecule has 26 heavy (non-hydrogen) atoms. The second-order valence-corrected chi connectivity index (χ2v) is 5.84. The summed E-state index contributed by atoms with van der Waals surface area (Å²) in [6.45, 7) is 2.49. The molecule has 0 saturated carbocycles. The molecule has 0 unspecified atom stereocenters. The van der Waals surface area contributed by atoms with Gasteiger partial charge in [0.2, 0.25) is 0 Å². The van der Waals surface area contributed by atoms with E-state index >= 15 is 0 Å². The Morgan fingerprint density at radius 2 is 1.73 bits per heavy atom. The largest absolute Gasteiger partial charge is 0.435 e. The zero-order valence-corrected chi connectivity index (χ0v) is 14.3. The topological polar surface area (TPSA) is 21.1 Å². The first-order valence-corrected chi connectivity index (χ1v) is 8.05. The van der Waals surface area contributed by atoms with Crippen molar-refractivity contribution < 1.29 is 17.6 Å². The Hall–Kier alpha value is -2.83. The van der Waals surface area contributed by atoms with Gasteiger partial charge in [0.05, 0.1) is 17.1 Å². The molecular formula is C19H17F4N3. The predicted octanol–water partition coefficient (Wildman–Crippen LogP) is 5.15. The van der Waals surface area contributed by atoms with E-state index < -0.39 is 17.7 Å². The van der Waals surface area contributed by atoms with Crippen LogP contribution in [0.25, 0.3) is 16.9 Å². The van der Waals surface area contributed by atoms with Crippen LogP contribution in [0.1, 0.15) is 12.6 Å². The lowest BCUT2D eigenvalue weighted by atomic mass is 10.1. The van der Waals surface area contributed by atoms with Gasteiger partial charge in [-0.05, 0) is 37.3 Å². The van der Waals surface area contributed by atoms with Crippen LogP contribution in [0.2, 0.25) is 0 Å². The molecule has 7 heteroatoms. The minimum Gasteiger partial charge on any atom is -0.373 e. The van der Waals surface area contributed by atoms with Gasteiger partial charge in [-0.15, -0.1) is 0 Å². The molecule has 1 aromatic heterocycles. The van der Waals surface area contributed by atoms with Gasteiger partial charge in [-0.3, -0.25) is 0 Å². The van der Waals surface area contributed by atoms with E-state index in [0.717, 1.165) is 6.07 Å². The Balaban J connectivity index is 2.15. The molecule has 0 N–H and O–H groups in total. The SMILES string of the molecule is CCN(C)c1ccc(-c2cc(C(F)(F)F)nn2-c2ccccc2)cc1F.